The summed E-state index contributed by atoms with van der Waals surface area (Å²) < 4.78 is 28.7. The van der Waals surface area contributed by atoms with Crippen molar-refractivity contribution in [2.24, 2.45) is 5.41 Å². The van der Waals surface area contributed by atoms with Gasteiger partial charge in [0, 0.05) is 18.8 Å². The Labute approximate surface area is 110 Å². The highest BCUT2D eigenvalue weighted by atomic mass is 32.2. The van der Waals surface area contributed by atoms with E-state index in [0.717, 1.165) is 38.8 Å². The summed E-state index contributed by atoms with van der Waals surface area (Å²) in [5.74, 6) is 0.323. The number of hydrogen-bond donors (Lipinski definition) is 1. The molecule has 2 rings (SSSR count). The normalized spacial score (nSPS) is 30.1. The maximum Gasteiger partial charge on any atom is 0.148 e. The van der Waals surface area contributed by atoms with Crippen LogP contribution in [0.1, 0.15) is 39.5 Å². The minimum absolute atomic E-state index is 0.0136. The lowest BCUT2D eigenvalue weighted by molar-refractivity contribution is 0.0354. The predicted octanol–water partition coefficient (Wildman–Crippen LogP) is 1.36. The van der Waals surface area contributed by atoms with Crippen molar-refractivity contribution < 1.29 is 13.2 Å². The summed E-state index contributed by atoms with van der Waals surface area (Å²) in [6.07, 6.45) is 5.56. The molecule has 5 heteroatoms. The zero-order valence-corrected chi connectivity index (χ0v) is 12.5. The van der Waals surface area contributed by atoms with Crippen molar-refractivity contribution in [1.29, 1.82) is 0 Å². The number of ether oxygens (including phenoxy) is 1. The Morgan fingerprint density at radius 2 is 2.00 bits per heavy atom. The largest absolute Gasteiger partial charge is 0.374 e. The summed E-state index contributed by atoms with van der Waals surface area (Å²) in [4.78, 5) is 0. The Kier molecular flexibility index (Phi) is 3.78. The highest BCUT2D eigenvalue weighted by Crippen LogP contribution is 2.41. The monoisotopic (exact) mass is 275 g/mol. The van der Waals surface area contributed by atoms with Gasteiger partial charge in [0.05, 0.1) is 18.0 Å². The zero-order valence-electron chi connectivity index (χ0n) is 11.7. The van der Waals surface area contributed by atoms with Crippen molar-refractivity contribution in [2.75, 3.05) is 25.2 Å². The van der Waals surface area contributed by atoms with Gasteiger partial charge in [0.2, 0.25) is 0 Å². The van der Waals surface area contributed by atoms with Gasteiger partial charge in [-0.15, -0.1) is 0 Å². The lowest BCUT2D eigenvalue weighted by Gasteiger charge is -2.42. The zero-order chi connectivity index (χ0) is 13.4. The van der Waals surface area contributed by atoms with Crippen molar-refractivity contribution in [3.8, 4) is 0 Å². The second-order valence-electron chi connectivity index (χ2n) is 6.78. The van der Waals surface area contributed by atoms with Gasteiger partial charge in [-0.3, -0.25) is 0 Å². The molecule has 1 N–H and O–H groups in total. The number of hydrogen-bond acceptors (Lipinski definition) is 4. The van der Waals surface area contributed by atoms with E-state index in [1.165, 1.54) is 6.26 Å². The molecule has 1 aliphatic heterocycles. The summed E-state index contributed by atoms with van der Waals surface area (Å²) >= 11 is 0. The van der Waals surface area contributed by atoms with E-state index in [9.17, 15) is 8.42 Å². The highest BCUT2D eigenvalue weighted by molar-refractivity contribution is 7.90. The molecular formula is C13H25NO3S. The first-order valence-corrected chi connectivity index (χ1v) is 8.81. The molecule has 0 amide bonds. The molecule has 0 aromatic heterocycles. The van der Waals surface area contributed by atoms with E-state index in [2.05, 4.69) is 19.2 Å². The second kappa shape index (κ2) is 4.76. The fourth-order valence-electron chi connectivity index (χ4n) is 3.13. The van der Waals surface area contributed by atoms with E-state index < -0.39 is 9.84 Å². The van der Waals surface area contributed by atoms with Gasteiger partial charge >= 0.3 is 0 Å². The van der Waals surface area contributed by atoms with E-state index in [-0.39, 0.29) is 11.0 Å². The summed E-state index contributed by atoms with van der Waals surface area (Å²) in [7, 11) is -2.88. The van der Waals surface area contributed by atoms with Crippen molar-refractivity contribution in [1.82, 2.24) is 5.32 Å². The Balaban J connectivity index is 1.85. The van der Waals surface area contributed by atoms with Crippen molar-refractivity contribution in [2.45, 2.75) is 51.2 Å². The fourth-order valence-corrected chi connectivity index (χ4v) is 4.64. The van der Waals surface area contributed by atoms with Crippen LogP contribution in [0, 0.1) is 5.41 Å². The summed E-state index contributed by atoms with van der Waals surface area (Å²) in [5.41, 5.74) is -0.0540. The summed E-state index contributed by atoms with van der Waals surface area (Å²) in [5, 5.41) is 3.51. The highest BCUT2D eigenvalue weighted by Gasteiger charge is 2.41. The van der Waals surface area contributed by atoms with Gasteiger partial charge in [0.25, 0.3) is 0 Å². The van der Waals surface area contributed by atoms with E-state index in [1.807, 2.05) is 0 Å². The summed E-state index contributed by atoms with van der Waals surface area (Å²) in [6, 6.07) is 0.372. The molecule has 2 aliphatic rings. The molecule has 0 bridgehead atoms. The van der Waals surface area contributed by atoms with Crippen LogP contribution in [0.5, 0.6) is 0 Å². The Morgan fingerprint density at radius 1 is 1.33 bits per heavy atom. The third-order valence-corrected chi connectivity index (χ3v) is 5.30. The number of rotatable bonds is 5. The maximum absolute atomic E-state index is 11.5. The van der Waals surface area contributed by atoms with Gasteiger partial charge in [0.1, 0.15) is 9.84 Å². The molecule has 1 aliphatic carbocycles. The molecular weight excluding hydrogens is 250 g/mol. The molecule has 106 valence electrons. The molecule has 1 heterocycles. The third kappa shape index (κ3) is 3.68. The molecule has 1 atom stereocenters. The van der Waals surface area contributed by atoms with Gasteiger partial charge in [0.15, 0.2) is 0 Å². The number of nitrogens with one attached hydrogen (secondary N) is 1. The second-order valence-corrected chi connectivity index (χ2v) is 8.92. The fraction of sp³-hybridized carbons (Fsp3) is 1.00. The lowest BCUT2D eigenvalue weighted by atomic mass is 9.70. The quantitative estimate of drug-likeness (QED) is 0.823. The van der Waals surface area contributed by atoms with Crippen LogP contribution in [-0.4, -0.2) is 45.2 Å². The predicted molar refractivity (Wildman–Crippen MR) is 72.4 cm³/mol. The molecule has 1 saturated heterocycles. The Bertz CT molecular complexity index is 398. The molecule has 1 unspecified atom stereocenters. The SMILES string of the molecule is CC1(C)CC(NCC2(CS(C)(=O)=O)CCC2)CO1. The van der Waals surface area contributed by atoms with Crippen LogP contribution in [0.25, 0.3) is 0 Å². The maximum atomic E-state index is 11.5. The average molecular weight is 275 g/mol. The van der Waals surface area contributed by atoms with Crippen LogP contribution < -0.4 is 5.32 Å². The Morgan fingerprint density at radius 3 is 2.39 bits per heavy atom. The van der Waals surface area contributed by atoms with Crippen molar-refractivity contribution >= 4 is 9.84 Å². The minimum Gasteiger partial charge on any atom is -0.374 e. The van der Waals surface area contributed by atoms with Crippen LogP contribution in [0.15, 0.2) is 0 Å². The van der Waals surface area contributed by atoms with Crippen molar-refractivity contribution in [3.63, 3.8) is 0 Å². The van der Waals surface area contributed by atoms with Crippen LogP contribution >= 0.6 is 0 Å². The van der Waals surface area contributed by atoms with E-state index in [0.29, 0.717) is 11.8 Å². The van der Waals surface area contributed by atoms with Crippen LogP contribution in [-0.2, 0) is 14.6 Å². The third-order valence-electron chi connectivity index (χ3n) is 4.16. The van der Waals surface area contributed by atoms with E-state index in [1.54, 1.807) is 0 Å². The first-order valence-electron chi connectivity index (χ1n) is 6.75. The van der Waals surface area contributed by atoms with Gasteiger partial charge in [-0.1, -0.05) is 6.42 Å². The Hall–Kier alpha value is -0.130. The number of sulfone groups is 1. The van der Waals surface area contributed by atoms with Crippen molar-refractivity contribution in [3.05, 3.63) is 0 Å². The topological polar surface area (TPSA) is 55.4 Å². The molecule has 0 aromatic carbocycles. The summed E-state index contributed by atoms with van der Waals surface area (Å²) in [6.45, 7) is 5.75. The molecule has 18 heavy (non-hydrogen) atoms. The smallest absolute Gasteiger partial charge is 0.148 e. The van der Waals surface area contributed by atoms with Crippen LogP contribution in [0.4, 0.5) is 0 Å². The van der Waals surface area contributed by atoms with E-state index in [4.69, 9.17) is 4.74 Å². The van der Waals surface area contributed by atoms with Gasteiger partial charge in [-0.05, 0) is 38.5 Å². The van der Waals surface area contributed by atoms with Gasteiger partial charge in [-0.2, -0.15) is 0 Å². The van der Waals surface area contributed by atoms with E-state index >= 15 is 0 Å². The van der Waals surface area contributed by atoms with Crippen LogP contribution in [0.3, 0.4) is 0 Å². The first-order chi connectivity index (χ1) is 8.20. The molecule has 1 saturated carbocycles. The van der Waals surface area contributed by atoms with Gasteiger partial charge in [-0.25, -0.2) is 8.42 Å². The molecule has 2 fully saturated rings. The molecule has 0 radical (unpaired) electrons. The van der Waals surface area contributed by atoms with Gasteiger partial charge < -0.3 is 10.1 Å². The lowest BCUT2D eigenvalue weighted by Crippen LogP contribution is -2.47. The van der Waals surface area contributed by atoms with Crippen LogP contribution in [0.2, 0.25) is 0 Å². The average Bonchev–Trinajstić information content (AvgIpc) is 2.48. The minimum atomic E-state index is -2.88. The molecule has 4 nitrogen and oxygen atoms in total. The molecule has 0 aromatic rings. The standard InChI is InChI=1S/C13H25NO3S/c1-12(2)7-11(8-17-12)14-9-13(5-4-6-13)10-18(3,15)16/h11,14H,4-10H2,1-3H3. The molecule has 0 spiro atoms. The first kappa shape index (κ1) is 14.3.